The van der Waals surface area contributed by atoms with E-state index in [0.717, 1.165) is 0 Å². The van der Waals surface area contributed by atoms with Crippen molar-refractivity contribution in [2.45, 2.75) is 0 Å². The average Bonchev–Trinajstić information content (AvgIpc) is 1.41. The van der Waals surface area contributed by atoms with Crippen LogP contribution in [-0.4, -0.2) is 52.5 Å². The third-order valence-electron chi connectivity index (χ3n) is 0. The van der Waals surface area contributed by atoms with Gasteiger partial charge in [-0.3, -0.25) is 0 Å². The van der Waals surface area contributed by atoms with Crippen LogP contribution in [0.4, 0.5) is 0 Å². The molecule has 0 fully saturated rings. The highest BCUT2D eigenvalue weighted by Crippen LogP contribution is 2.26. The van der Waals surface area contributed by atoms with E-state index in [0.29, 0.717) is 0 Å². The first-order valence-electron chi connectivity index (χ1n) is 2.35. The van der Waals surface area contributed by atoms with Crippen LogP contribution in [0.3, 0.4) is 0 Å². The van der Waals surface area contributed by atoms with Gasteiger partial charge < -0.3 is 44.0 Å². The van der Waals surface area contributed by atoms with Crippen molar-refractivity contribution < 1.29 is 57.7 Å². The van der Waals surface area contributed by atoms with Gasteiger partial charge in [-0.05, 0) is 0 Å². The summed E-state index contributed by atoms with van der Waals surface area (Å²) in [7, 11) is -13.9. The standard InChI is InChI=1S/BH3.3H3O4P/c;3*1-5(2,3)4/h1H3;3*(H3,1,2,3,4). The fourth-order valence-electron chi connectivity index (χ4n) is 0. The van der Waals surface area contributed by atoms with Gasteiger partial charge in [-0.25, -0.2) is 13.7 Å². The summed E-state index contributed by atoms with van der Waals surface area (Å²) in [6, 6.07) is 0. The Labute approximate surface area is 90.5 Å². The number of hydrogen-bond donors (Lipinski definition) is 9. The van der Waals surface area contributed by atoms with Gasteiger partial charge in [0.2, 0.25) is 0 Å². The topological polar surface area (TPSA) is 233 Å². The molecule has 0 bridgehead atoms. The maximum absolute atomic E-state index is 8.88. The number of rotatable bonds is 0. The van der Waals surface area contributed by atoms with Gasteiger partial charge in [-0.15, -0.1) is 0 Å². The Balaban J connectivity index is -0.0000000655. The van der Waals surface area contributed by atoms with E-state index in [2.05, 4.69) is 0 Å². The highest BCUT2D eigenvalue weighted by Gasteiger charge is 2.01. The first-order valence-corrected chi connectivity index (χ1v) is 7.04. The highest BCUT2D eigenvalue weighted by molar-refractivity contribution is 7.45. The molecule has 0 saturated carbocycles. The summed E-state index contributed by atoms with van der Waals surface area (Å²) in [5, 5.41) is 0. The van der Waals surface area contributed by atoms with E-state index in [1.807, 2.05) is 0 Å². The van der Waals surface area contributed by atoms with Gasteiger partial charge in [0.15, 0.2) is 0 Å². The molecule has 0 heterocycles. The number of hydrogen-bond acceptors (Lipinski definition) is 3. The Hall–Kier alpha value is 0.395. The molecule has 0 atom stereocenters. The summed E-state index contributed by atoms with van der Waals surface area (Å²) in [6.45, 7) is 0. The summed E-state index contributed by atoms with van der Waals surface area (Å²) >= 11 is 0. The van der Waals surface area contributed by atoms with E-state index in [4.69, 9.17) is 57.7 Å². The van der Waals surface area contributed by atoms with Gasteiger partial charge in [-0.1, -0.05) is 0 Å². The van der Waals surface area contributed by atoms with Gasteiger partial charge in [0, 0.05) is 0 Å². The van der Waals surface area contributed by atoms with E-state index in [9.17, 15) is 0 Å². The molecule has 0 aliphatic carbocycles. The van der Waals surface area contributed by atoms with E-state index in [1.165, 1.54) is 0 Å². The lowest BCUT2D eigenvalue weighted by Crippen LogP contribution is -1.66. The van der Waals surface area contributed by atoms with Crippen LogP contribution in [0.2, 0.25) is 0 Å². The van der Waals surface area contributed by atoms with E-state index < -0.39 is 23.5 Å². The summed E-state index contributed by atoms with van der Waals surface area (Å²) in [6.07, 6.45) is 0. The molecule has 0 amide bonds. The van der Waals surface area contributed by atoms with E-state index in [-0.39, 0.29) is 8.41 Å². The Kier molecular flexibility index (Phi) is 14.9. The summed E-state index contributed by atoms with van der Waals surface area (Å²) in [5.74, 6) is 0. The maximum atomic E-state index is 8.88. The van der Waals surface area contributed by atoms with E-state index in [1.54, 1.807) is 0 Å². The molecule has 0 saturated heterocycles. The molecule has 0 spiro atoms. The molecule has 12 nitrogen and oxygen atoms in total. The predicted molar refractivity (Wildman–Crippen MR) is 52.7 cm³/mol. The zero-order chi connectivity index (χ0) is 13.5. The summed E-state index contributed by atoms with van der Waals surface area (Å²) < 4.78 is 26.6. The quantitative estimate of drug-likeness (QED) is 0.154. The van der Waals surface area contributed by atoms with Crippen LogP contribution in [0, 0.1) is 0 Å². The molecule has 0 aromatic rings. The van der Waals surface area contributed by atoms with Gasteiger partial charge in [-0.2, -0.15) is 0 Å². The summed E-state index contributed by atoms with van der Waals surface area (Å²) in [5.41, 5.74) is 0. The second kappa shape index (κ2) is 9.43. The van der Waals surface area contributed by atoms with Gasteiger partial charge >= 0.3 is 23.5 Å². The van der Waals surface area contributed by atoms with Gasteiger partial charge in [0.1, 0.15) is 0 Å². The first-order chi connectivity index (χ1) is 6.00. The lowest BCUT2D eigenvalue weighted by atomic mass is 10.8. The maximum Gasteiger partial charge on any atom is 0.466 e. The van der Waals surface area contributed by atoms with Crippen molar-refractivity contribution in [2.75, 3.05) is 0 Å². The van der Waals surface area contributed by atoms with Crippen molar-refractivity contribution in [3.63, 3.8) is 0 Å². The molecule has 0 rings (SSSR count). The fourth-order valence-corrected chi connectivity index (χ4v) is 0. The Morgan fingerprint density at radius 2 is 0.438 bits per heavy atom. The minimum atomic E-state index is -4.64. The van der Waals surface area contributed by atoms with Crippen molar-refractivity contribution in [2.24, 2.45) is 0 Å². The van der Waals surface area contributed by atoms with Crippen LogP contribution < -0.4 is 0 Å². The first kappa shape index (κ1) is 25.3. The van der Waals surface area contributed by atoms with Crippen LogP contribution in [0.15, 0.2) is 0 Å². The molecule has 16 heavy (non-hydrogen) atoms. The van der Waals surface area contributed by atoms with Gasteiger partial charge in [0.05, 0.1) is 8.41 Å². The largest absolute Gasteiger partial charge is 0.466 e. The SMILES string of the molecule is B.O=P(O)(O)O.O=P(O)(O)O.O=P(O)(O)O. The second-order valence-electron chi connectivity index (χ2n) is 1.54. The molecule has 102 valence electrons. The zero-order valence-corrected chi connectivity index (χ0v) is 9.27. The second-order valence-corrected chi connectivity index (χ2v) is 4.62. The molecule has 0 aliphatic rings. The molecule has 0 unspecified atom stereocenters. The molecular formula is H12BO12P3. The third-order valence-corrected chi connectivity index (χ3v) is 0. The Morgan fingerprint density at radius 3 is 0.438 bits per heavy atom. The molecule has 0 aromatic heterocycles. The lowest BCUT2D eigenvalue weighted by Gasteiger charge is -1.82. The number of phosphoric acid groups is 3. The van der Waals surface area contributed by atoms with Crippen LogP contribution >= 0.6 is 23.5 Å². The van der Waals surface area contributed by atoms with Crippen molar-refractivity contribution in [3.05, 3.63) is 0 Å². The van der Waals surface area contributed by atoms with Crippen molar-refractivity contribution in [3.8, 4) is 0 Å². The highest BCUT2D eigenvalue weighted by atomic mass is 31.2. The average molecular weight is 308 g/mol. The van der Waals surface area contributed by atoms with E-state index >= 15 is 0 Å². The molecule has 0 aromatic carbocycles. The normalized spacial score (nSPS) is 11.1. The molecule has 0 aliphatic heterocycles. The van der Waals surface area contributed by atoms with Crippen molar-refractivity contribution in [1.29, 1.82) is 0 Å². The Bertz CT molecular complexity index is 202. The molecule has 0 radical (unpaired) electrons. The van der Waals surface area contributed by atoms with Crippen LogP contribution in [0.5, 0.6) is 0 Å². The van der Waals surface area contributed by atoms with Crippen LogP contribution in [-0.2, 0) is 13.7 Å². The molecule has 9 N–H and O–H groups in total. The van der Waals surface area contributed by atoms with Gasteiger partial charge in [0.25, 0.3) is 0 Å². The molecule has 16 heteroatoms. The monoisotopic (exact) mass is 308 g/mol. The van der Waals surface area contributed by atoms with Crippen molar-refractivity contribution >= 4 is 31.9 Å². The predicted octanol–water partition coefficient (Wildman–Crippen LogP) is -3.97. The third kappa shape index (κ3) is 16600. The Morgan fingerprint density at radius 1 is 0.438 bits per heavy atom. The smallest absolute Gasteiger partial charge is 0.303 e. The summed E-state index contributed by atoms with van der Waals surface area (Å²) in [4.78, 5) is 64.7. The minimum Gasteiger partial charge on any atom is -0.303 e. The van der Waals surface area contributed by atoms with Crippen LogP contribution in [0.1, 0.15) is 0 Å². The lowest BCUT2D eigenvalue weighted by molar-refractivity contribution is 0.272. The fraction of sp³-hybridized carbons (Fsp3) is 0. The van der Waals surface area contributed by atoms with Crippen LogP contribution in [0.25, 0.3) is 0 Å². The molecular weight excluding hydrogens is 296 g/mol. The zero-order valence-electron chi connectivity index (χ0n) is 6.59. The van der Waals surface area contributed by atoms with Crippen molar-refractivity contribution in [1.82, 2.24) is 0 Å². The minimum absolute atomic E-state index is 0.